The molecule has 166 valence electrons. The van der Waals surface area contributed by atoms with Gasteiger partial charge in [-0.1, -0.05) is 0 Å². The predicted octanol–water partition coefficient (Wildman–Crippen LogP) is 3.15. The number of fused-ring (bicyclic) bond motifs is 1. The van der Waals surface area contributed by atoms with Crippen LogP contribution in [0.15, 0.2) is 6.07 Å². The lowest BCUT2D eigenvalue weighted by atomic mass is 9.87. The third-order valence-corrected chi connectivity index (χ3v) is 7.47. The molecule has 1 atom stereocenters. The number of thiophene rings is 1. The summed E-state index contributed by atoms with van der Waals surface area (Å²) in [6.07, 6.45) is 4.45. The summed E-state index contributed by atoms with van der Waals surface area (Å²) >= 11 is 8.02. The molecule has 9 heteroatoms. The molecule has 2 N–H and O–H groups in total. The zero-order valence-electron chi connectivity index (χ0n) is 17.7. The van der Waals surface area contributed by atoms with E-state index in [1.54, 1.807) is 18.4 Å². The normalized spacial score (nSPS) is 20.2. The number of aromatic nitrogens is 2. The van der Waals surface area contributed by atoms with Gasteiger partial charge in [0, 0.05) is 44.3 Å². The number of ether oxygens (including phenoxy) is 2. The maximum Gasteiger partial charge on any atom is 0.224 e. The van der Waals surface area contributed by atoms with Crippen LogP contribution in [-0.4, -0.2) is 74.0 Å². The Bertz CT molecular complexity index is 821. The number of nitrogens with zero attached hydrogens (tertiary/aromatic N) is 4. The molecule has 2 aliphatic rings. The molecule has 7 nitrogen and oxygen atoms in total. The van der Waals surface area contributed by atoms with E-state index in [-0.39, 0.29) is 0 Å². The van der Waals surface area contributed by atoms with Crippen molar-refractivity contribution in [2.45, 2.75) is 38.3 Å². The zero-order chi connectivity index (χ0) is 20.9. The van der Waals surface area contributed by atoms with E-state index >= 15 is 0 Å². The summed E-state index contributed by atoms with van der Waals surface area (Å²) in [5, 5.41) is 0.316. The molecule has 0 spiro atoms. The van der Waals surface area contributed by atoms with Crippen molar-refractivity contribution >= 4 is 39.0 Å². The van der Waals surface area contributed by atoms with Gasteiger partial charge in [0.25, 0.3) is 0 Å². The van der Waals surface area contributed by atoms with Gasteiger partial charge in [0.1, 0.15) is 0 Å². The maximum absolute atomic E-state index is 6.43. The molecule has 4 rings (SSSR count). The second-order valence-corrected chi connectivity index (χ2v) is 9.73. The number of hydrogen-bond donors (Lipinski definition) is 1. The van der Waals surface area contributed by atoms with Gasteiger partial charge in [0.05, 0.1) is 23.4 Å². The SMILES string of the molecule is COCCCC(N)C1CCN(Cc2cc3nc(Cl)nc(N4CCOCC4)c3s2)CC1. The van der Waals surface area contributed by atoms with E-state index in [1.165, 1.54) is 17.7 Å². The van der Waals surface area contributed by atoms with Gasteiger partial charge in [-0.2, -0.15) is 4.98 Å². The molecule has 0 aromatic carbocycles. The van der Waals surface area contributed by atoms with E-state index in [4.69, 9.17) is 26.8 Å². The first kappa shape index (κ1) is 22.2. The Hall–Kier alpha value is -1.03. The lowest BCUT2D eigenvalue weighted by molar-refractivity contribution is 0.122. The molecular formula is C21H32ClN5O2S. The Morgan fingerprint density at radius 1 is 1.27 bits per heavy atom. The highest BCUT2D eigenvalue weighted by molar-refractivity contribution is 7.19. The maximum atomic E-state index is 6.43. The first-order valence-corrected chi connectivity index (χ1v) is 12.1. The van der Waals surface area contributed by atoms with E-state index < -0.39 is 0 Å². The van der Waals surface area contributed by atoms with Crippen LogP contribution in [0.5, 0.6) is 0 Å². The van der Waals surface area contributed by atoms with E-state index in [2.05, 4.69) is 25.8 Å². The molecule has 2 aromatic heterocycles. The standard InChI is InChI=1S/C21H32ClN5O2S/c1-28-10-2-3-17(23)15-4-6-26(7-5-15)14-16-13-18-19(30-16)20(25-21(22)24-18)27-8-11-29-12-9-27/h13,15,17H,2-12,14,23H2,1H3. The molecular weight excluding hydrogens is 422 g/mol. The predicted molar refractivity (Wildman–Crippen MR) is 123 cm³/mol. The van der Waals surface area contributed by atoms with Crippen LogP contribution in [0.1, 0.15) is 30.6 Å². The first-order valence-electron chi connectivity index (χ1n) is 10.9. The number of methoxy groups -OCH3 is 1. The van der Waals surface area contributed by atoms with Crippen LogP contribution in [0.2, 0.25) is 5.28 Å². The molecule has 0 radical (unpaired) electrons. The van der Waals surface area contributed by atoms with Crippen molar-refractivity contribution in [2.75, 3.05) is 58.0 Å². The van der Waals surface area contributed by atoms with Crippen LogP contribution >= 0.6 is 22.9 Å². The minimum atomic E-state index is 0.292. The Labute approximate surface area is 187 Å². The van der Waals surface area contributed by atoms with Gasteiger partial charge in [-0.15, -0.1) is 11.3 Å². The molecule has 1 unspecified atom stereocenters. The Balaban J connectivity index is 1.38. The monoisotopic (exact) mass is 453 g/mol. The van der Waals surface area contributed by atoms with Crippen molar-refractivity contribution in [3.63, 3.8) is 0 Å². The van der Waals surface area contributed by atoms with Crippen LogP contribution in [0.25, 0.3) is 10.2 Å². The van der Waals surface area contributed by atoms with Crippen LogP contribution in [0, 0.1) is 5.92 Å². The van der Waals surface area contributed by atoms with Gasteiger partial charge in [-0.05, 0) is 62.4 Å². The van der Waals surface area contributed by atoms with Gasteiger partial charge in [-0.25, -0.2) is 4.98 Å². The summed E-state index contributed by atoms with van der Waals surface area (Å²) in [7, 11) is 1.75. The summed E-state index contributed by atoms with van der Waals surface area (Å²) < 4.78 is 11.8. The Morgan fingerprint density at radius 3 is 2.77 bits per heavy atom. The smallest absolute Gasteiger partial charge is 0.224 e. The van der Waals surface area contributed by atoms with Gasteiger partial charge >= 0.3 is 0 Å². The summed E-state index contributed by atoms with van der Waals surface area (Å²) in [5.74, 6) is 1.57. The van der Waals surface area contributed by atoms with Gasteiger partial charge in [-0.3, -0.25) is 4.90 Å². The van der Waals surface area contributed by atoms with Crippen molar-refractivity contribution in [3.8, 4) is 0 Å². The fraction of sp³-hybridized carbons (Fsp3) is 0.714. The van der Waals surface area contributed by atoms with Gasteiger partial charge < -0.3 is 20.1 Å². The average Bonchev–Trinajstić information content (AvgIpc) is 3.16. The number of rotatable bonds is 8. The molecule has 2 aliphatic heterocycles. The highest BCUT2D eigenvalue weighted by Crippen LogP contribution is 2.34. The lowest BCUT2D eigenvalue weighted by Crippen LogP contribution is -2.40. The molecule has 0 amide bonds. The highest BCUT2D eigenvalue weighted by atomic mass is 35.5. The summed E-state index contributed by atoms with van der Waals surface area (Å²) in [4.78, 5) is 15.1. The Kier molecular flexibility index (Phi) is 7.78. The average molecular weight is 454 g/mol. The van der Waals surface area contributed by atoms with E-state index in [0.717, 1.165) is 81.4 Å². The van der Waals surface area contributed by atoms with Crippen LogP contribution in [0.4, 0.5) is 5.82 Å². The molecule has 0 aliphatic carbocycles. The third-order valence-electron chi connectivity index (χ3n) is 6.19. The molecule has 30 heavy (non-hydrogen) atoms. The topological polar surface area (TPSA) is 76.7 Å². The summed E-state index contributed by atoms with van der Waals surface area (Å²) in [6, 6.07) is 2.47. The fourth-order valence-corrected chi connectivity index (χ4v) is 5.79. The van der Waals surface area contributed by atoms with Crippen LogP contribution in [0.3, 0.4) is 0 Å². The van der Waals surface area contributed by atoms with E-state index in [0.29, 0.717) is 17.2 Å². The quantitative estimate of drug-likeness (QED) is 0.486. The molecule has 2 saturated heterocycles. The number of hydrogen-bond acceptors (Lipinski definition) is 8. The second-order valence-electron chi connectivity index (χ2n) is 8.26. The van der Waals surface area contributed by atoms with Gasteiger partial charge in [0.2, 0.25) is 5.28 Å². The number of morpholine rings is 1. The number of anilines is 1. The van der Waals surface area contributed by atoms with E-state index in [1.807, 2.05) is 0 Å². The molecule has 2 aromatic rings. The van der Waals surface area contributed by atoms with E-state index in [9.17, 15) is 0 Å². The van der Waals surface area contributed by atoms with Crippen LogP contribution in [-0.2, 0) is 16.0 Å². The third kappa shape index (κ3) is 5.41. The van der Waals surface area contributed by atoms with Crippen LogP contribution < -0.4 is 10.6 Å². The van der Waals surface area contributed by atoms with Crippen molar-refractivity contribution < 1.29 is 9.47 Å². The summed E-state index contributed by atoms with van der Waals surface area (Å²) in [6.45, 7) is 7.08. The molecule has 0 bridgehead atoms. The van der Waals surface area contributed by atoms with Crippen molar-refractivity contribution in [1.82, 2.24) is 14.9 Å². The first-order chi connectivity index (χ1) is 14.6. The lowest BCUT2D eigenvalue weighted by Gasteiger charge is -2.34. The largest absolute Gasteiger partial charge is 0.385 e. The molecule has 4 heterocycles. The Morgan fingerprint density at radius 2 is 2.03 bits per heavy atom. The highest BCUT2D eigenvalue weighted by Gasteiger charge is 2.25. The van der Waals surface area contributed by atoms with Crippen molar-refractivity contribution in [2.24, 2.45) is 11.7 Å². The minimum Gasteiger partial charge on any atom is -0.385 e. The summed E-state index contributed by atoms with van der Waals surface area (Å²) in [5.41, 5.74) is 7.38. The minimum absolute atomic E-state index is 0.292. The number of halogens is 1. The van der Waals surface area contributed by atoms with Crippen molar-refractivity contribution in [3.05, 3.63) is 16.2 Å². The molecule has 0 saturated carbocycles. The van der Waals surface area contributed by atoms with Gasteiger partial charge in [0.15, 0.2) is 5.82 Å². The van der Waals surface area contributed by atoms with Crippen molar-refractivity contribution in [1.29, 1.82) is 0 Å². The number of piperidine rings is 1. The second kappa shape index (κ2) is 10.5. The zero-order valence-corrected chi connectivity index (χ0v) is 19.3. The number of nitrogens with two attached hydrogens (primary N) is 1. The number of likely N-dealkylation sites (tertiary alicyclic amines) is 1. The molecule has 2 fully saturated rings. The fourth-order valence-electron chi connectivity index (χ4n) is 4.46.